The Morgan fingerprint density at radius 3 is 2.80 bits per heavy atom. The number of rotatable bonds is 4. The van der Waals surface area contributed by atoms with Crippen LogP contribution in [0.3, 0.4) is 0 Å². The molecule has 0 fully saturated rings. The quantitative estimate of drug-likeness (QED) is 0.724. The summed E-state index contributed by atoms with van der Waals surface area (Å²) >= 11 is 1.59. The highest BCUT2D eigenvalue weighted by molar-refractivity contribution is 7.99. The Hall–Kier alpha value is -1.01. The van der Waals surface area contributed by atoms with Crippen LogP contribution in [0.4, 0.5) is 4.39 Å². The van der Waals surface area contributed by atoms with Gasteiger partial charge in [0, 0.05) is 4.90 Å². The molecule has 1 rings (SSSR count). The highest BCUT2D eigenvalue weighted by Crippen LogP contribution is 2.25. The number of hydrogen-bond acceptors (Lipinski definition) is 2. The fraction of sp³-hybridized carbons (Fsp3) is 0.417. The monoisotopic (exact) mass is 223 g/mol. The van der Waals surface area contributed by atoms with Crippen LogP contribution in [0.2, 0.25) is 0 Å². The van der Waals surface area contributed by atoms with Gasteiger partial charge >= 0.3 is 0 Å². The second-order valence-corrected chi connectivity index (χ2v) is 5.22. The first-order valence-electron chi connectivity index (χ1n) is 4.83. The van der Waals surface area contributed by atoms with E-state index in [1.807, 2.05) is 19.9 Å². The van der Waals surface area contributed by atoms with E-state index in [1.54, 1.807) is 17.8 Å². The van der Waals surface area contributed by atoms with Gasteiger partial charge in [-0.05, 0) is 44.2 Å². The van der Waals surface area contributed by atoms with Gasteiger partial charge < -0.3 is 0 Å². The van der Waals surface area contributed by atoms with Gasteiger partial charge in [-0.2, -0.15) is 5.26 Å². The Balaban J connectivity index is 2.42. The number of benzene rings is 1. The molecule has 0 bridgehead atoms. The predicted octanol–water partition coefficient (Wildman–Crippen LogP) is 3.86. The molecule has 0 aliphatic rings. The molecule has 0 saturated carbocycles. The summed E-state index contributed by atoms with van der Waals surface area (Å²) in [5.41, 5.74) is -0.291. The summed E-state index contributed by atoms with van der Waals surface area (Å²) < 4.78 is 12.8. The maximum absolute atomic E-state index is 12.8. The summed E-state index contributed by atoms with van der Waals surface area (Å²) in [6, 6.07) is 8.79. The van der Waals surface area contributed by atoms with E-state index in [2.05, 4.69) is 6.07 Å². The van der Waals surface area contributed by atoms with Crippen molar-refractivity contribution < 1.29 is 4.39 Å². The van der Waals surface area contributed by atoms with Crippen molar-refractivity contribution in [3.05, 3.63) is 30.1 Å². The molecule has 0 spiro atoms. The largest absolute Gasteiger partial charge is 0.207 e. The zero-order valence-electron chi connectivity index (χ0n) is 8.96. The van der Waals surface area contributed by atoms with E-state index in [0.717, 1.165) is 17.1 Å². The molecule has 0 aliphatic carbocycles. The van der Waals surface area contributed by atoms with Crippen LogP contribution in [-0.2, 0) is 0 Å². The fourth-order valence-corrected chi connectivity index (χ4v) is 2.26. The van der Waals surface area contributed by atoms with Crippen molar-refractivity contribution in [2.45, 2.75) is 25.2 Å². The molecule has 0 aliphatic heterocycles. The van der Waals surface area contributed by atoms with Gasteiger partial charge in [0.1, 0.15) is 5.82 Å². The molecule has 0 atom stereocenters. The minimum absolute atomic E-state index is 0.209. The van der Waals surface area contributed by atoms with Crippen molar-refractivity contribution in [1.29, 1.82) is 5.26 Å². The molecule has 0 amide bonds. The van der Waals surface area contributed by atoms with Crippen LogP contribution in [-0.4, -0.2) is 5.75 Å². The molecule has 3 heteroatoms. The summed E-state index contributed by atoms with van der Waals surface area (Å²) in [7, 11) is 0. The van der Waals surface area contributed by atoms with Crippen molar-refractivity contribution in [3.8, 4) is 6.07 Å². The number of hydrogen-bond donors (Lipinski definition) is 0. The van der Waals surface area contributed by atoms with Gasteiger partial charge in [-0.25, -0.2) is 4.39 Å². The number of nitriles is 1. The average Bonchev–Trinajstić information content (AvgIpc) is 2.18. The van der Waals surface area contributed by atoms with Crippen LogP contribution >= 0.6 is 11.8 Å². The van der Waals surface area contributed by atoms with Crippen molar-refractivity contribution in [3.63, 3.8) is 0 Å². The topological polar surface area (TPSA) is 23.8 Å². The minimum atomic E-state index is -0.291. The molecule has 0 saturated heterocycles. The van der Waals surface area contributed by atoms with Gasteiger partial charge in [-0.3, -0.25) is 0 Å². The molecule has 80 valence electrons. The zero-order valence-corrected chi connectivity index (χ0v) is 9.77. The summed E-state index contributed by atoms with van der Waals surface area (Å²) in [4.78, 5) is 0.920. The van der Waals surface area contributed by atoms with E-state index in [-0.39, 0.29) is 11.2 Å². The molecule has 1 nitrogen and oxygen atoms in total. The van der Waals surface area contributed by atoms with E-state index < -0.39 is 0 Å². The Labute approximate surface area is 94.3 Å². The SMILES string of the molecule is CC(C)(C#N)CCSc1cccc(F)c1. The Bertz CT molecular complexity index is 368. The smallest absolute Gasteiger partial charge is 0.124 e. The third kappa shape index (κ3) is 4.35. The highest BCUT2D eigenvalue weighted by Gasteiger charge is 2.15. The predicted molar refractivity (Wildman–Crippen MR) is 61.1 cm³/mol. The van der Waals surface area contributed by atoms with Crippen LogP contribution in [0.15, 0.2) is 29.2 Å². The molecule has 0 aromatic heterocycles. The van der Waals surface area contributed by atoms with E-state index in [9.17, 15) is 4.39 Å². The van der Waals surface area contributed by atoms with Crippen molar-refractivity contribution >= 4 is 11.8 Å². The van der Waals surface area contributed by atoms with E-state index >= 15 is 0 Å². The number of halogens is 1. The normalized spacial score (nSPS) is 11.1. The lowest BCUT2D eigenvalue weighted by molar-refractivity contribution is 0.482. The summed E-state index contributed by atoms with van der Waals surface area (Å²) in [6.07, 6.45) is 0.810. The molecule has 0 unspecified atom stereocenters. The molecule has 1 aromatic rings. The average molecular weight is 223 g/mol. The van der Waals surface area contributed by atoms with Gasteiger partial charge in [-0.15, -0.1) is 11.8 Å². The second kappa shape index (κ2) is 5.18. The van der Waals surface area contributed by atoms with Gasteiger partial charge in [-0.1, -0.05) is 6.07 Å². The highest BCUT2D eigenvalue weighted by atomic mass is 32.2. The maximum atomic E-state index is 12.8. The first-order valence-corrected chi connectivity index (χ1v) is 5.82. The van der Waals surface area contributed by atoms with E-state index in [4.69, 9.17) is 5.26 Å². The lowest BCUT2D eigenvalue weighted by Crippen LogP contribution is -2.08. The molecule has 0 radical (unpaired) electrons. The number of nitrogens with zero attached hydrogens (tertiary/aromatic N) is 1. The van der Waals surface area contributed by atoms with Gasteiger partial charge in [0.25, 0.3) is 0 Å². The van der Waals surface area contributed by atoms with Crippen molar-refractivity contribution in [1.82, 2.24) is 0 Å². The van der Waals surface area contributed by atoms with Crippen LogP contribution in [0, 0.1) is 22.6 Å². The van der Waals surface area contributed by atoms with Crippen LogP contribution in [0.5, 0.6) is 0 Å². The van der Waals surface area contributed by atoms with Crippen molar-refractivity contribution in [2.75, 3.05) is 5.75 Å². The Morgan fingerprint density at radius 1 is 1.47 bits per heavy atom. The molecule has 0 heterocycles. The Kier molecular flexibility index (Phi) is 4.16. The van der Waals surface area contributed by atoms with Crippen molar-refractivity contribution in [2.24, 2.45) is 5.41 Å². The van der Waals surface area contributed by atoms with E-state index in [1.165, 1.54) is 12.1 Å². The molecular formula is C12H14FNS. The van der Waals surface area contributed by atoms with Gasteiger partial charge in [0.05, 0.1) is 11.5 Å². The molecule has 0 N–H and O–H groups in total. The first kappa shape index (κ1) is 12.1. The molecular weight excluding hydrogens is 209 g/mol. The standard InChI is InChI=1S/C12H14FNS/c1-12(2,9-14)6-7-15-11-5-3-4-10(13)8-11/h3-5,8H,6-7H2,1-2H3. The summed E-state index contributed by atoms with van der Waals surface area (Å²) in [6.45, 7) is 3.83. The Morgan fingerprint density at radius 2 is 2.20 bits per heavy atom. The maximum Gasteiger partial charge on any atom is 0.124 e. The lowest BCUT2D eigenvalue weighted by Gasteiger charge is -2.13. The van der Waals surface area contributed by atoms with Crippen LogP contribution in [0.25, 0.3) is 0 Å². The molecule has 1 aromatic carbocycles. The van der Waals surface area contributed by atoms with Crippen LogP contribution in [0.1, 0.15) is 20.3 Å². The summed E-state index contributed by atoms with van der Waals surface area (Å²) in [5.74, 6) is 0.629. The van der Waals surface area contributed by atoms with Gasteiger partial charge in [0.15, 0.2) is 0 Å². The molecule has 15 heavy (non-hydrogen) atoms. The third-order valence-electron chi connectivity index (χ3n) is 2.09. The van der Waals surface area contributed by atoms with Crippen LogP contribution < -0.4 is 0 Å². The first-order chi connectivity index (χ1) is 7.03. The lowest BCUT2D eigenvalue weighted by atomic mass is 9.93. The summed E-state index contributed by atoms with van der Waals surface area (Å²) in [5, 5.41) is 8.82. The van der Waals surface area contributed by atoms with Gasteiger partial charge in [0.2, 0.25) is 0 Å². The third-order valence-corrected chi connectivity index (χ3v) is 3.09. The minimum Gasteiger partial charge on any atom is -0.207 e. The van der Waals surface area contributed by atoms with E-state index in [0.29, 0.717) is 0 Å². The second-order valence-electron chi connectivity index (χ2n) is 4.05. The zero-order chi connectivity index (χ0) is 11.3. The fourth-order valence-electron chi connectivity index (χ4n) is 1.04. The number of thioether (sulfide) groups is 1.